The van der Waals surface area contributed by atoms with Crippen molar-refractivity contribution in [3.63, 3.8) is 0 Å². The fraction of sp³-hybridized carbons (Fsp3) is 0.247. The maximum absolute atomic E-state index is 12.6. The number of aryl methyl sites for hydroxylation is 5. The van der Waals surface area contributed by atoms with Gasteiger partial charge in [0.1, 0.15) is 17.5 Å². The minimum absolute atomic E-state index is 0. The van der Waals surface area contributed by atoms with Gasteiger partial charge in [0.2, 0.25) is 17.1 Å². The minimum atomic E-state index is -1.00. The first-order valence-corrected chi connectivity index (χ1v) is 39.3. The van der Waals surface area contributed by atoms with Gasteiger partial charge >= 0.3 is 121 Å². The second kappa shape index (κ2) is 54.1. The van der Waals surface area contributed by atoms with Crippen molar-refractivity contribution in [2.75, 3.05) is 51.7 Å². The van der Waals surface area contributed by atoms with Crippen LogP contribution in [0, 0.1) is 39.4 Å². The number of benzene rings is 9. The van der Waals surface area contributed by atoms with Crippen LogP contribution in [-0.4, -0.2) is 132 Å². The van der Waals surface area contributed by atoms with Crippen LogP contribution in [0.4, 0.5) is 27.1 Å². The smallest absolute Gasteiger partial charge is 1.00 e. The van der Waals surface area contributed by atoms with Crippen molar-refractivity contribution < 1.29 is 179 Å². The molecule has 0 atom stereocenters. The third-order valence-electron chi connectivity index (χ3n) is 17.0. The largest absolute Gasteiger partial charge is 1.00 e. The summed E-state index contributed by atoms with van der Waals surface area (Å²) in [5.74, 6) is 4.74. The van der Waals surface area contributed by atoms with E-state index in [2.05, 4.69) is 144 Å². The SMILES string of the molecule is CC(=O)O.Cc1cc(C(=O)O)ccc1N.Cc1cc(C(=O)O)ccc1NC(=O)CCl.Cc1cc(C(=O)O)ccc1NC(=O)CSc1nnc(C)n1-c1ccc(C2CC2)c2ccccc12.Cc1n[nH]c(=S)n1-c1ccc(C2CC2)c2ccccc12.ClCCl.NNC(=S)Nc1ccc(C2CC2)c2ccccc12.O=C(Cl)CCl.O=CO[O-].[2H]CF.[H-].[K+].[K+]. The van der Waals surface area contributed by atoms with E-state index in [0.29, 0.717) is 49.1 Å². The van der Waals surface area contributed by atoms with Crippen LogP contribution in [0.2, 0.25) is 0 Å². The maximum atomic E-state index is 12.6. The van der Waals surface area contributed by atoms with E-state index < -0.39 is 36.3 Å². The number of hydrazine groups is 1. The molecule has 13 N–H and O–H groups in total. The number of H-pyrrole nitrogens is 1. The predicted octanol–water partition coefficient (Wildman–Crippen LogP) is 11.3. The number of carboxylic acids is 4. The van der Waals surface area contributed by atoms with E-state index in [1.165, 1.54) is 118 Å². The summed E-state index contributed by atoms with van der Waals surface area (Å²) in [6.07, 6.45) is 7.72. The van der Waals surface area contributed by atoms with Crippen LogP contribution in [0.15, 0.2) is 169 Å². The van der Waals surface area contributed by atoms with E-state index in [0.717, 1.165) is 58.4 Å². The van der Waals surface area contributed by atoms with Gasteiger partial charge in [0.15, 0.2) is 15.0 Å². The molecule has 0 radical (unpaired) electrons. The van der Waals surface area contributed by atoms with E-state index in [4.69, 9.17) is 131 Å². The molecule has 2 aromatic heterocycles. The van der Waals surface area contributed by atoms with Gasteiger partial charge in [-0.05, 0) is 249 Å². The standard InChI is InChI=1S/C26H24N4O3S.C16H15N3S.C14H15N3S.C10H10ClNO3.C8H9NO2.C2H2Cl2O.C2H4O2.CH2Cl2.CH3F.CH2O3.2K.H/c1-15-13-18(25(32)33)9-11-22(15)27-24(31)14-34-26-29-28-16(2)30(26)23-12-10-19(17-7-8-17)20-5-3-4-6-21(20)23;1-10-17-18-16(20)19(10)15-9-8-12(11-6-7-11)13-4-2-3-5-14(13)15;15-17-14(18)16-13-8-7-10(9-5-6-9)11-3-1-2-4-12(11)13;1-6-4-7(10(14)15)2-3-8(6)12-9(13)5-11;1-5-4-6(8(10)11)2-3-7(5)9;3-1-2(4)5;1-2(3)4;2-1-3;1-2;2-1-4-3;;;/h3-6,9-13,17H,7-8,14H2,1-2H3,(H,27,31)(H,32,33);2-5,8-9,11H,6-7H2,1H3,(H,18,20);1-4,7-9H,5-6,15H2,(H2,16,17,18);2-4H,5H2,1H3,(H,12,13)(H,14,15);2-4H,9H2,1H3,(H,10,11);1H2;1H3,(H,3,4);1H2;1H3;1,3H;;;/q;;;;;;;;;;2*+1;-1/p-1/i;;;;;;;;1D;;;;. The zero-order chi connectivity index (χ0) is 86.6. The van der Waals surface area contributed by atoms with Crippen molar-refractivity contribution in [1.29, 1.82) is 0 Å². The van der Waals surface area contributed by atoms with Crippen LogP contribution in [0.1, 0.15) is 142 Å². The van der Waals surface area contributed by atoms with Crippen molar-refractivity contribution in [3.05, 3.63) is 230 Å². The monoisotopic (exact) mass is 1820 g/mol. The number of nitrogens with one attached hydrogen (secondary N) is 5. The molecule has 3 fully saturated rings. The fourth-order valence-corrected chi connectivity index (χ4v) is 12.6. The van der Waals surface area contributed by atoms with Gasteiger partial charge in [-0.2, -0.15) is 5.10 Å². The van der Waals surface area contributed by atoms with Gasteiger partial charge in [-0.25, -0.2) is 20.2 Å². The summed E-state index contributed by atoms with van der Waals surface area (Å²) in [5, 5.41) is 74.7. The summed E-state index contributed by atoms with van der Waals surface area (Å²) in [4.78, 5) is 85.5. The number of nitrogen functional groups attached to an aromatic ring is 1. The molecule has 118 heavy (non-hydrogen) atoms. The number of carbonyl (C=O) groups is 8. The van der Waals surface area contributed by atoms with Gasteiger partial charge in [0.25, 0.3) is 12.4 Å². The maximum Gasteiger partial charge on any atom is 1.00 e. The first-order valence-electron chi connectivity index (χ1n) is 35.7. The molecule has 14 rings (SSSR count). The number of aliphatic carboxylic acids is 1. The van der Waals surface area contributed by atoms with Gasteiger partial charge < -0.3 is 59.1 Å². The van der Waals surface area contributed by atoms with Crippen molar-refractivity contribution >= 4 is 202 Å². The summed E-state index contributed by atoms with van der Waals surface area (Å²) >= 11 is 36.1. The van der Waals surface area contributed by atoms with Gasteiger partial charge in [-0.15, -0.1) is 56.6 Å². The third kappa shape index (κ3) is 33.2. The summed E-state index contributed by atoms with van der Waals surface area (Å²) < 4.78 is 20.2. The minimum Gasteiger partial charge on any atom is -1.00 e. The topological polar surface area (TPSA) is 414 Å². The van der Waals surface area contributed by atoms with E-state index in [1.54, 1.807) is 51.1 Å². The Morgan fingerprint density at radius 3 is 1.32 bits per heavy atom. The first kappa shape index (κ1) is 103. The Morgan fingerprint density at radius 1 is 0.602 bits per heavy atom. The van der Waals surface area contributed by atoms with Crippen molar-refractivity contribution in [2.45, 2.75) is 103 Å². The summed E-state index contributed by atoms with van der Waals surface area (Å²) in [5.41, 5.74) is 20.0. The first-order chi connectivity index (χ1) is 55.9. The zero-order valence-electron chi connectivity index (χ0n) is 67.4. The van der Waals surface area contributed by atoms with Crippen LogP contribution in [0.3, 0.4) is 0 Å². The number of anilines is 4. The molecule has 0 bridgehead atoms. The second-order valence-corrected chi connectivity index (χ2v) is 28.8. The average molecular weight is 1820 g/mol. The molecular weight excluding hydrogens is 1740 g/mol. The molecule has 3 aliphatic carbocycles. The van der Waals surface area contributed by atoms with Crippen LogP contribution < -0.4 is 141 Å². The van der Waals surface area contributed by atoms with Crippen molar-refractivity contribution in [3.8, 4) is 11.4 Å². The molecule has 0 unspecified atom stereocenters. The molecule has 26 nitrogen and oxygen atoms in total. The van der Waals surface area contributed by atoms with Crippen molar-refractivity contribution in [1.82, 2.24) is 35.0 Å². The molecule has 0 aliphatic heterocycles. The number of thioether (sulfide) groups is 1. The van der Waals surface area contributed by atoms with E-state index in [-0.39, 0.29) is 162 Å². The van der Waals surface area contributed by atoms with Gasteiger partial charge in [-0.3, -0.25) is 42.6 Å². The number of halogens is 6. The molecule has 2 heterocycles. The molecule has 3 saturated carbocycles. The molecule has 11 aromatic rings. The Hall–Kier alpha value is -7.37. The normalized spacial score (nSPS) is 11.7. The number of hydrogen-bond acceptors (Lipinski definition) is 18. The number of aromatic nitrogens is 6. The van der Waals surface area contributed by atoms with Gasteiger partial charge in [0.05, 0.1) is 53.6 Å². The summed E-state index contributed by atoms with van der Waals surface area (Å²) in [7, 11) is -1.00. The predicted molar refractivity (Wildman–Crippen MR) is 462 cm³/mol. The molecule has 9 aromatic carbocycles. The summed E-state index contributed by atoms with van der Waals surface area (Å²) in [6, 6.07) is 52.2. The number of thiocarbonyl (C=S) groups is 1. The number of nitrogens with zero attached hydrogens (tertiary/aromatic N) is 5. The van der Waals surface area contributed by atoms with Gasteiger partial charge in [-0.1, -0.05) is 103 Å². The number of fused-ring (bicyclic) bond motifs is 3. The number of hydrogen-bond donors (Lipinski definition) is 11. The molecule has 0 saturated heterocycles. The Morgan fingerprint density at radius 2 is 0.966 bits per heavy atom. The number of aromatic amines is 1. The van der Waals surface area contributed by atoms with E-state index >= 15 is 0 Å². The number of carboxylic acid groups (broad SMARTS) is 4. The number of amides is 2. The molecule has 2 amide bonds. The quantitative estimate of drug-likeness (QED) is 0.00385. The van der Waals surface area contributed by atoms with E-state index in [1.807, 2.05) is 35.1 Å². The van der Waals surface area contributed by atoms with Crippen LogP contribution in [0.5, 0.6) is 0 Å². The van der Waals surface area contributed by atoms with Gasteiger partial charge in [0, 0.05) is 45.8 Å². The number of nitrogens with two attached hydrogens (primary N) is 2. The Bertz CT molecular complexity index is 5360. The molecule has 0 spiro atoms. The van der Waals surface area contributed by atoms with Crippen LogP contribution >= 0.6 is 94.2 Å². The Kier molecular flexibility index (Phi) is 47.2. The molecule has 37 heteroatoms. The fourth-order valence-electron chi connectivity index (χ4n) is 11.4. The number of rotatable bonds is 17. The average Bonchev–Trinajstić information content (AvgIpc) is 1.58. The van der Waals surface area contributed by atoms with Crippen LogP contribution in [0.25, 0.3) is 43.7 Å². The molecule has 616 valence electrons. The third-order valence-corrected chi connectivity index (χ3v) is 19.2. The summed E-state index contributed by atoms with van der Waals surface area (Å²) in [6.45, 7) is 10.0. The number of aromatic carboxylic acids is 3. The second-order valence-electron chi connectivity index (χ2n) is 25.3. The Labute approximate surface area is 808 Å². The number of alkyl halides is 5. The van der Waals surface area contributed by atoms with Crippen molar-refractivity contribution in [2.24, 2.45) is 5.84 Å². The van der Waals surface area contributed by atoms with Crippen LogP contribution in [-0.2, 0) is 28.9 Å². The van der Waals surface area contributed by atoms with E-state index in [9.17, 15) is 33.2 Å². The molecule has 3 aliphatic rings. The molecular formula is C81H86Cl5FK2N12O14S3. The number of carbonyl (C=O) groups excluding carboxylic acids is 4. The Balaban J connectivity index is 0.000000497. The zero-order valence-corrected chi connectivity index (χ0v) is 77.9.